The summed E-state index contributed by atoms with van der Waals surface area (Å²) in [4.78, 5) is 2.83. The molecule has 0 unspecified atom stereocenters. The molecule has 21 heavy (non-hydrogen) atoms. The highest BCUT2D eigenvalue weighted by atomic mass is 32.3. The van der Waals surface area contributed by atoms with E-state index < -0.39 is 20.5 Å². The maximum atomic E-state index is 9.83. The number of unbranched alkanes of at least 4 members (excludes halogenated alkanes) is 1. The van der Waals surface area contributed by atoms with E-state index in [1.165, 1.54) is 9.80 Å². The fraction of sp³-hybridized carbons (Fsp3) is 1.00. The summed E-state index contributed by atoms with van der Waals surface area (Å²) in [7, 11) is 3.65. The maximum absolute atomic E-state index is 9.83. The summed E-state index contributed by atoms with van der Waals surface area (Å²) in [5, 5.41) is 0. The van der Waals surface area contributed by atoms with Crippen molar-refractivity contribution in [2.24, 2.45) is 0 Å². The van der Waals surface area contributed by atoms with Gasteiger partial charge >= 0.3 is 0 Å². The van der Waals surface area contributed by atoms with Gasteiger partial charge in [-0.25, -0.2) is 16.8 Å². The third-order valence-corrected chi connectivity index (χ3v) is 1.54. The van der Waals surface area contributed by atoms with Gasteiger partial charge in [-0.2, -0.15) is 0 Å². The van der Waals surface area contributed by atoms with Crippen LogP contribution in [0, 0.1) is 0 Å². The van der Waals surface area contributed by atoms with Crippen LogP contribution in [0.25, 0.3) is 0 Å². The predicted molar refractivity (Wildman–Crippen MR) is 79.3 cm³/mol. The molecule has 0 spiro atoms. The molecule has 0 aliphatic heterocycles. The Morgan fingerprint density at radius 2 is 1.05 bits per heavy atom. The SMILES string of the molecule is CCCCS(=O)(=O)[O-].C[NH+](C)C.C[NH+](C)C.O=S(=O)([O-])O. The number of quaternary nitrogens is 2. The van der Waals surface area contributed by atoms with E-state index in [0.717, 1.165) is 6.42 Å². The Hall–Kier alpha value is -0.300. The molecular weight excluding hydrogens is 324 g/mol. The quantitative estimate of drug-likeness (QED) is 0.359. The fourth-order valence-corrected chi connectivity index (χ4v) is 0.963. The maximum Gasteiger partial charge on any atom is 0.215 e. The van der Waals surface area contributed by atoms with Crippen molar-refractivity contribution in [2.45, 2.75) is 19.8 Å². The fourth-order valence-electron chi connectivity index (χ4n) is 0.321. The normalized spacial score (nSPS) is 10.7. The van der Waals surface area contributed by atoms with Gasteiger partial charge in [0.05, 0.1) is 52.4 Å². The van der Waals surface area contributed by atoms with E-state index in [-0.39, 0.29) is 5.75 Å². The first-order chi connectivity index (χ1) is 9.02. The molecule has 0 bridgehead atoms. The molecule has 0 aromatic rings. The summed E-state index contributed by atoms with van der Waals surface area (Å²) in [5.74, 6) is -0.219. The van der Waals surface area contributed by atoms with Crippen molar-refractivity contribution in [3.05, 3.63) is 0 Å². The molecular formula is C10H30N2O7S2. The highest BCUT2D eigenvalue weighted by Gasteiger charge is 1.90. The number of hydrogen-bond donors (Lipinski definition) is 3. The lowest BCUT2D eigenvalue weighted by Gasteiger charge is -2.02. The van der Waals surface area contributed by atoms with Crippen molar-refractivity contribution >= 4 is 20.5 Å². The molecule has 0 radical (unpaired) electrons. The van der Waals surface area contributed by atoms with Crippen molar-refractivity contribution in [2.75, 3.05) is 48.0 Å². The molecule has 0 saturated carbocycles. The van der Waals surface area contributed by atoms with Crippen LogP contribution in [0.5, 0.6) is 0 Å². The van der Waals surface area contributed by atoms with Crippen LogP contribution in [0.4, 0.5) is 0 Å². The van der Waals surface area contributed by atoms with Crippen LogP contribution >= 0.6 is 0 Å². The van der Waals surface area contributed by atoms with Gasteiger partial charge in [-0.3, -0.25) is 4.55 Å². The zero-order valence-electron chi connectivity index (χ0n) is 13.8. The average molecular weight is 354 g/mol. The van der Waals surface area contributed by atoms with Crippen molar-refractivity contribution in [1.82, 2.24) is 0 Å². The summed E-state index contributed by atoms with van der Waals surface area (Å²) >= 11 is 0. The van der Waals surface area contributed by atoms with Crippen LogP contribution < -0.4 is 9.80 Å². The van der Waals surface area contributed by atoms with Gasteiger partial charge in [0.2, 0.25) is 10.4 Å². The zero-order chi connectivity index (χ0) is 18.3. The molecule has 0 heterocycles. The Morgan fingerprint density at radius 1 is 0.857 bits per heavy atom. The lowest BCUT2D eigenvalue weighted by Crippen LogP contribution is -3.02. The first-order valence-electron chi connectivity index (χ1n) is 6.18. The standard InChI is InChI=1S/C4H10O3S.2C3H9N.H2O4S/c1-2-3-4-8(5,6)7;2*1-4(2)3;1-5(2,3)4/h2-4H2,1H3,(H,5,6,7);2*1-3H3;(H2,1,2,3,4). The smallest absolute Gasteiger partial charge is 0.215 e. The largest absolute Gasteiger partial charge is 0.748 e. The first kappa shape index (κ1) is 28.8. The molecule has 0 saturated heterocycles. The molecule has 0 aliphatic rings. The minimum Gasteiger partial charge on any atom is -0.748 e. The van der Waals surface area contributed by atoms with Gasteiger partial charge in [-0.1, -0.05) is 13.3 Å². The number of rotatable bonds is 3. The Bertz CT molecular complexity index is 372. The van der Waals surface area contributed by atoms with Gasteiger partial charge in [0.15, 0.2) is 0 Å². The van der Waals surface area contributed by atoms with Crippen LogP contribution in [-0.2, 0) is 20.5 Å². The summed E-state index contributed by atoms with van der Waals surface area (Å²) in [6.07, 6.45) is 1.23. The molecule has 0 aromatic carbocycles. The van der Waals surface area contributed by atoms with Crippen molar-refractivity contribution in [3.8, 4) is 0 Å². The van der Waals surface area contributed by atoms with Crippen molar-refractivity contribution < 1.29 is 40.3 Å². The molecule has 0 aromatic heterocycles. The van der Waals surface area contributed by atoms with Gasteiger partial charge in [-0.15, -0.1) is 0 Å². The second-order valence-corrected chi connectivity index (χ2v) is 7.42. The minimum atomic E-state index is -4.92. The molecule has 3 N–H and O–H groups in total. The minimum absolute atomic E-state index is 0.219. The molecule has 0 aliphatic carbocycles. The lowest BCUT2D eigenvalue weighted by atomic mass is 10.4. The zero-order valence-corrected chi connectivity index (χ0v) is 15.5. The molecule has 9 nitrogen and oxygen atoms in total. The summed E-state index contributed by atoms with van der Waals surface area (Å²) in [6, 6.07) is 0. The second kappa shape index (κ2) is 16.1. The topological polar surface area (TPSA) is 144 Å². The van der Waals surface area contributed by atoms with Crippen LogP contribution in [-0.4, -0.2) is 78.5 Å². The summed E-state index contributed by atoms with van der Waals surface area (Å²) in [6.45, 7) is 1.84. The summed E-state index contributed by atoms with van der Waals surface area (Å²) in [5.41, 5.74) is 0. The van der Waals surface area contributed by atoms with Crippen molar-refractivity contribution in [1.29, 1.82) is 0 Å². The molecule has 0 atom stereocenters. The van der Waals surface area contributed by atoms with Crippen LogP contribution in [0.3, 0.4) is 0 Å². The van der Waals surface area contributed by atoms with E-state index in [0.29, 0.717) is 6.42 Å². The van der Waals surface area contributed by atoms with Gasteiger partial charge in [-0.05, 0) is 6.42 Å². The number of nitrogens with one attached hydrogen (secondary N) is 2. The van der Waals surface area contributed by atoms with Crippen LogP contribution in [0.2, 0.25) is 0 Å². The average Bonchev–Trinajstić information content (AvgIpc) is 2.08. The Balaban J connectivity index is -0.0000000970. The van der Waals surface area contributed by atoms with E-state index in [9.17, 15) is 13.0 Å². The highest BCUT2D eigenvalue weighted by molar-refractivity contribution is 7.85. The number of hydrogen-bond acceptors (Lipinski definition) is 6. The molecule has 0 fully saturated rings. The second-order valence-electron chi connectivity index (χ2n) is 5.04. The van der Waals surface area contributed by atoms with E-state index in [1.54, 1.807) is 0 Å². The highest BCUT2D eigenvalue weighted by Crippen LogP contribution is 1.90. The molecule has 0 amide bonds. The van der Waals surface area contributed by atoms with Crippen LogP contribution in [0.15, 0.2) is 0 Å². The van der Waals surface area contributed by atoms with E-state index >= 15 is 0 Å². The van der Waals surface area contributed by atoms with Gasteiger partial charge in [0.25, 0.3) is 0 Å². The molecule has 11 heteroatoms. The Labute approximate surface area is 129 Å². The van der Waals surface area contributed by atoms with Gasteiger partial charge in [0, 0.05) is 5.75 Å². The van der Waals surface area contributed by atoms with E-state index in [2.05, 4.69) is 42.3 Å². The molecule has 134 valence electrons. The van der Waals surface area contributed by atoms with Gasteiger partial charge in [0.1, 0.15) is 0 Å². The van der Waals surface area contributed by atoms with Gasteiger partial charge < -0.3 is 18.9 Å². The third kappa shape index (κ3) is 279. The van der Waals surface area contributed by atoms with Crippen molar-refractivity contribution in [3.63, 3.8) is 0 Å². The van der Waals surface area contributed by atoms with Crippen LogP contribution in [0.1, 0.15) is 19.8 Å². The van der Waals surface area contributed by atoms with E-state index in [4.69, 9.17) is 17.5 Å². The molecule has 0 rings (SSSR count). The monoisotopic (exact) mass is 354 g/mol. The lowest BCUT2D eigenvalue weighted by molar-refractivity contribution is -0.836. The predicted octanol–water partition coefficient (Wildman–Crippen LogP) is -3.14. The first-order valence-corrected chi connectivity index (χ1v) is 9.12. The summed E-state index contributed by atoms with van der Waals surface area (Å²) < 4.78 is 62.3. The third-order valence-electron chi connectivity index (χ3n) is 0.748. The Kier molecular flexibility index (Phi) is 22.1. The Morgan fingerprint density at radius 3 is 1.10 bits per heavy atom. The van der Waals surface area contributed by atoms with E-state index in [1.807, 2.05) is 6.92 Å².